The van der Waals surface area contributed by atoms with Gasteiger partial charge in [0.15, 0.2) is 26.5 Å². The molecular formula is C17H19N3O5S2. The third-order valence-electron chi connectivity index (χ3n) is 4.43. The number of aliphatic imine (C=N–C) groups is 1. The largest absolute Gasteiger partial charge is 0.493 e. The maximum absolute atomic E-state index is 12.0. The summed E-state index contributed by atoms with van der Waals surface area (Å²) in [5.41, 5.74) is 0.874. The van der Waals surface area contributed by atoms with Crippen LogP contribution in [0.3, 0.4) is 0 Å². The van der Waals surface area contributed by atoms with Crippen molar-refractivity contribution >= 4 is 32.7 Å². The number of thioether (sulfide) groups is 1. The average molecular weight is 409 g/mol. The molecule has 0 spiro atoms. The molecule has 0 bridgehead atoms. The number of nitrogens with zero attached hydrogens (tertiary/aromatic N) is 3. The Balaban J connectivity index is 1.90. The Morgan fingerprint density at radius 2 is 2.07 bits per heavy atom. The number of rotatable bonds is 5. The fraction of sp³-hybridized carbons (Fsp3) is 0.471. The van der Waals surface area contributed by atoms with Gasteiger partial charge in [-0.3, -0.25) is 4.79 Å². The average Bonchev–Trinajstić information content (AvgIpc) is 3.07. The van der Waals surface area contributed by atoms with E-state index in [2.05, 4.69) is 4.99 Å². The molecule has 2 fully saturated rings. The standard InChI is InChI=1S/C17H19N3O5S2/c1-24-13-4-3-11(7-14(13)25-2)8-20-12-9-27(22,23)10-15(12)26-17(20)19-16(21)5-6-18/h3-4,7,12,15H,5,8-10H2,1-2H3/t12-,15-/m1/s1. The molecule has 1 aromatic carbocycles. The van der Waals surface area contributed by atoms with Crippen molar-refractivity contribution in [2.75, 3.05) is 25.7 Å². The van der Waals surface area contributed by atoms with E-state index in [1.165, 1.54) is 11.8 Å². The number of sulfone groups is 1. The van der Waals surface area contributed by atoms with Gasteiger partial charge in [-0.05, 0) is 17.7 Å². The van der Waals surface area contributed by atoms with Crippen molar-refractivity contribution in [3.05, 3.63) is 23.8 Å². The van der Waals surface area contributed by atoms with Crippen LogP contribution in [-0.2, 0) is 21.2 Å². The van der Waals surface area contributed by atoms with Crippen molar-refractivity contribution in [2.24, 2.45) is 4.99 Å². The number of amides is 1. The Labute approximate surface area is 162 Å². The van der Waals surface area contributed by atoms with E-state index in [0.29, 0.717) is 23.2 Å². The molecule has 27 heavy (non-hydrogen) atoms. The molecule has 3 rings (SSSR count). The molecule has 0 radical (unpaired) electrons. The van der Waals surface area contributed by atoms with Gasteiger partial charge < -0.3 is 14.4 Å². The van der Waals surface area contributed by atoms with Crippen LogP contribution in [0.1, 0.15) is 12.0 Å². The van der Waals surface area contributed by atoms with E-state index in [-0.39, 0.29) is 29.2 Å². The molecule has 2 heterocycles. The summed E-state index contributed by atoms with van der Waals surface area (Å²) in [6.07, 6.45) is -0.304. The first-order valence-electron chi connectivity index (χ1n) is 8.20. The number of fused-ring (bicyclic) bond motifs is 1. The molecule has 144 valence electrons. The first-order valence-corrected chi connectivity index (χ1v) is 10.9. The number of nitriles is 1. The zero-order valence-corrected chi connectivity index (χ0v) is 16.5. The second kappa shape index (κ2) is 7.78. The Morgan fingerprint density at radius 1 is 1.33 bits per heavy atom. The van der Waals surface area contributed by atoms with Crippen LogP contribution in [-0.4, -0.2) is 61.4 Å². The van der Waals surface area contributed by atoms with E-state index in [1.54, 1.807) is 26.4 Å². The number of ether oxygens (including phenoxy) is 2. The molecule has 0 saturated carbocycles. The van der Waals surface area contributed by atoms with Gasteiger partial charge in [-0.25, -0.2) is 8.42 Å². The van der Waals surface area contributed by atoms with Gasteiger partial charge in [-0.1, -0.05) is 17.8 Å². The number of carbonyl (C=O) groups excluding carboxylic acids is 1. The number of amidine groups is 1. The highest BCUT2D eigenvalue weighted by Gasteiger charge is 2.48. The number of benzene rings is 1. The number of methoxy groups -OCH3 is 2. The molecule has 0 unspecified atom stereocenters. The van der Waals surface area contributed by atoms with Crippen LogP contribution in [0.4, 0.5) is 0 Å². The molecule has 0 aliphatic carbocycles. The lowest BCUT2D eigenvalue weighted by Gasteiger charge is -2.24. The highest BCUT2D eigenvalue weighted by Crippen LogP contribution is 2.39. The molecule has 1 aromatic rings. The van der Waals surface area contributed by atoms with Gasteiger partial charge in [-0.15, -0.1) is 0 Å². The lowest BCUT2D eigenvalue weighted by Crippen LogP contribution is -2.37. The van der Waals surface area contributed by atoms with Gasteiger partial charge in [-0.2, -0.15) is 10.3 Å². The summed E-state index contributed by atoms with van der Waals surface area (Å²) in [5.74, 6) is 0.729. The van der Waals surface area contributed by atoms with E-state index >= 15 is 0 Å². The zero-order valence-electron chi connectivity index (χ0n) is 14.9. The normalized spacial score (nSPS) is 24.5. The van der Waals surface area contributed by atoms with Crippen LogP contribution in [0.25, 0.3) is 0 Å². The minimum absolute atomic E-state index is 0.0312. The maximum atomic E-state index is 12.0. The molecule has 1 amide bonds. The van der Waals surface area contributed by atoms with Crippen LogP contribution >= 0.6 is 11.8 Å². The second-order valence-electron chi connectivity index (χ2n) is 6.24. The number of hydrogen-bond acceptors (Lipinski definition) is 7. The topological polar surface area (TPSA) is 109 Å². The van der Waals surface area contributed by atoms with Crippen LogP contribution in [0, 0.1) is 11.3 Å². The van der Waals surface area contributed by atoms with Gasteiger partial charge in [0.05, 0.1) is 37.8 Å². The monoisotopic (exact) mass is 409 g/mol. The summed E-state index contributed by atoms with van der Waals surface area (Å²) >= 11 is 1.29. The highest BCUT2D eigenvalue weighted by molar-refractivity contribution is 8.15. The Kier molecular flexibility index (Phi) is 5.62. The summed E-state index contributed by atoms with van der Waals surface area (Å²) in [6, 6.07) is 6.99. The van der Waals surface area contributed by atoms with Gasteiger partial charge >= 0.3 is 0 Å². The van der Waals surface area contributed by atoms with Gasteiger partial charge in [0, 0.05) is 11.8 Å². The third-order valence-corrected chi connectivity index (χ3v) is 7.67. The Bertz CT molecular complexity index is 923. The van der Waals surface area contributed by atoms with E-state index < -0.39 is 15.7 Å². The smallest absolute Gasteiger partial charge is 0.262 e. The summed E-state index contributed by atoms with van der Waals surface area (Å²) < 4.78 is 34.6. The Morgan fingerprint density at radius 3 is 2.74 bits per heavy atom. The van der Waals surface area contributed by atoms with E-state index in [1.807, 2.05) is 17.0 Å². The van der Waals surface area contributed by atoms with E-state index in [4.69, 9.17) is 14.7 Å². The summed E-state index contributed by atoms with van der Waals surface area (Å²) in [6.45, 7) is 0.378. The second-order valence-corrected chi connectivity index (χ2v) is 9.60. The zero-order chi connectivity index (χ0) is 19.6. The van der Waals surface area contributed by atoms with E-state index in [0.717, 1.165) is 5.56 Å². The quantitative estimate of drug-likeness (QED) is 0.714. The summed E-state index contributed by atoms with van der Waals surface area (Å²) in [5, 5.41) is 8.99. The highest BCUT2D eigenvalue weighted by atomic mass is 32.2. The fourth-order valence-electron chi connectivity index (χ4n) is 3.21. The lowest BCUT2D eigenvalue weighted by molar-refractivity contribution is -0.116. The molecule has 2 saturated heterocycles. The number of carbonyl (C=O) groups is 1. The van der Waals surface area contributed by atoms with Crippen molar-refractivity contribution in [3.63, 3.8) is 0 Å². The first-order chi connectivity index (χ1) is 12.9. The van der Waals surface area contributed by atoms with Crippen molar-refractivity contribution in [1.82, 2.24) is 4.90 Å². The van der Waals surface area contributed by atoms with Crippen molar-refractivity contribution in [1.29, 1.82) is 5.26 Å². The fourth-order valence-corrected chi connectivity index (χ4v) is 7.18. The number of hydrogen-bond donors (Lipinski definition) is 0. The third kappa shape index (κ3) is 4.20. The van der Waals surface area contributed by atoms with Crippen molar-refractivity contribution < 1.29 is 22.7 Å². The van der Waals surface area contributed by atoms with Crippen LogP contribution in [0.5, 0.6) is 11.5 Å². The molecule has 10 heteroatoms. The summed E-state index contributed by atoms with van der Waals surface area (Å²) in [4.78, 5) is 17.7. The van der Waals surface area contributed by atoms with Gasteiger partial charge in [0.25, 0.3) is 5.91 Å². The molecule has 2 atom stereocenters. The first kappa shape index (κ1) is 19.5. The van der Waals surface area contributed by atoms with Crippen LogP contribution < -0.4 is 9.47 Å². The molecule has 2 aliphatic heterocycles. The molecular weight excluding hydrogens is 390 g/mol. The molecule has 8 nitrogen and oxygen atoms in total. The summed E-state index contributed by atoms with van der Waals surface area (Å²) in [7, 11) is -0.0240. The minimum atomic E-state index is -3.12. The van der Waals surface area contributed by atoms with Crippen LogP contribution in [0.2, 0.25) is 0 Å². The van der Waals surface area contributed by atoms with Gasteiger partial charge in [0.2, 0.25) is 0 Å². The minimum Gasteiger partial charge on any atom is -0.493 e. The molecule has 0 aromatic heterocycles. The maximum Gasteiger partial charge on any atom is 0.262 e. The lowest BCUT2D eigenvalue weighted by atomic mass is 10.1. The van der Waals surface area contributed by atoms with Crippen molar-refractivity contribution in [2.45, 2.75) is 24.3 Å². The molecule has 0 N–H and O–H groups in total. The molecule has 2 aliphatic rings. The predicted molar refractivity (Wildman–Crippen MR) is 102 cm³/mol. The van der Waals surface area contributed by atoms with Crippen LogP contribution in [0.15, 0.2) is 23.2 Å². The van der Waals surface area contributed by atoms with Crippen molar-refractivity contribution in [3.8, 4) is 17.6 Å². The Hall–Kier alpha value is -2.25. The van der Waals surface area contributed by atoms with E-state index in [9.17, 15) is 13.2 Å². The van der Waals surface area contributed by atoms with Gasteiger partial charge in [0.1, 0.15) is 6.42 Å². The SMILES string of the molecule is COc1ccc(CN2C(=NC(=O)CC#N)S[C@@H]3CS(=O)(=O)C[C@H]32)cc1OC. The predicted octanol–water partition coefficient (Wildman–Crippen LogP) is 1.21.